The molecule has 0 saturated heterocycles. The molecule has 0 saturated carbocycles. The van der Waals surface area contributed by atoms with E-state index in [2.05, 4.69) is 5.32 Å². The zero-order valence-corrected chi connectivity index (χ0v) is 11.4. The molecule has 0 heterocycles. The van der Waals surface area contributed by atoms with Crippen molar-refractivity contribution in [3.05, 3.63) is 18.2 Å². The maximum atomic E-state index is 11.3. The third-order valence-corrected chi connectivity index (χ3v) is 2.46. The lowest BCUT2D eigenvalue weighted by Gasteiger charge is -2.20. The molecule has 100 valence electrons. The second-order valence-electron chi connectivity index (χ2n) is 4.42. The van der Waals surface area contributed by atoms with Gasteiger partial charge in [-0.2, -0.15) is 0 Å². The summed E-state index contributed by atoms with van der Waals surface area (Å²) in [6.07, 6.45) is 0.0618. The maximum Gasteiger partial charge on any atom is 0.239 e. The standard InChI is InChI=1S/C13H21N3O2/c1-9(2)18-12-7-10(5-6-11(12)14)16(4)8-13(17)15-3/h5-7,9H,8,14H2,1-4H3,(H,15,17). The molecule has 0 aliphatic rings. The van der Waals surface area contributed by atoms with Crippen molar-refractivity contribution in [2.45, 2.75) is 20.0 Å². The zero-order chi connectivity index (χ0) is 13.7. The minimum Gasteiger partial charge on any atom is -0.489 e. The number of nitrogen functional groups attached to an aromatic ring is 1. The van der Waals surface area contributed by atoms with E-state index in [9.17, 15) is 4.79 Å². The van der Waals surface area contributed by atoms with E-state index in [0.717, 1.165) is 5.69 Å². The SMILES string of the molecule is CNC(=O)CN(C)c1ccc(N)c(OC(C)C)c1. The summed E-state index contributed by atoms with van der Waals surface area (Å²) >= 11 is 0. The van der Waals surface area contributed by atoms with Gasteiger partial charge >= 0.3 is 0 Å². The van der Waals surface area contributed by atoms with Crippen LogP contribution in [0.2, 0.25) is 0 Å². The minimum absolute atomic E-state index is 0.0411. The summed E-state index contributed by atoms with van der Waals surface area (Å²) in [6, 6.07) is 5.50. The predicted octanol–water partition coefficient (Wildman–Crippen LogP) is 1.24. The Morgan fingerprint density at radius 1 is 1.50 bits per heavy atom. The van der Waals surface area contributed by atoms with Crippen molar-refractivity contribution in [3.63, 3.8) is 0 Å². The fourth-order valence-corrected chi connectivity index (χ4v) is 1.50. The topological polar surface area (TPSA) is 67.6 Å². The average Bonchev–Trinajstić information content (AvgIpc) is 2.31. The van der Waals surface area contributed by atoms with Gasteiger partial charge in [-0.05, 0) is 26.0 Å². The van der Waals surface area contributed by atoms with Gasteiger partial charge in [-0.15, -0.1) is 0 Å². The molecule has 0 aromatic heterocycles. The molecule has 0 bridgehead atoms. The average molecular weight is 251 g/mol. The molecular formula is C13H21N3O2. The van der Waals surface area contributed by atoms with Gasteiger partial charge in [0, 0.05) is 25.8 Å². The van der Waals surface area contributed by atoms with Gasteiger partial charge in [-0.1, -0.05) is 0 Å². The largest absolute Gasteiger partial charge is 0.489 e. The van der Waals surface area contributed by atoms with E-state index in [4.69, 9.17) is 10.5 Å². The van der Waals surface area contributed by atoms with Gasteiger partial charge in [0.05, 0.1) is 18.3 Å². The minimum atomic E-state index is -0.0411. The van der Waals surface area contributed by atoms with Crippen molar-refractivity contribution in [2.24, 2.45) is 0 Å². The predicted molar refractivity (Wildman–Crippen MR) is 74.0 cm³/mol. The van der Waals surface area contributed by atoms with Crippen LogP contribution in [0.15, 0.2) is 18.2 Å². The van der Waals surface area contributed by atoms with Crippen LogP contribution in [0.3, 0.4) is 0 Å². The molecule has 5 heteroatoms. The monoisotopic (exact) mass is 251 g/mol. The molecule has 0 aliphatic carbocycles. The molecule has 1 aromatic rings. The van der Waals surface area contributed by atoms with Gasteiger partial charge in [-0.3, -0.25) is 4.79 Å². The first-order chi connectivity index (χ1) is 8.43. The van der Waals surface area contributed by atoms with Crippen LogP contribution in [0.1, 0.15) is 13.8 Å². The number of hydrogen-bond acceptors (Lipinski definition) is 4. The van der Waals surface area contributed by atoms with Gasteiger partial charge < -0.3 is 20.7 Å². The Morgan fingerprint density at radius 3 is 2.72 bits per heavy atom. The highest BCUT2D eigenvalue weighted by Gasteiger charge is 2.09. The molecule has 1 rings (SSSR count). The lowest BCUT2D eigenvalue weighted by molar-refractivity contribution is -0.119. The van der Waals surface area contributed by atoms with Crippen LogP contribution in [-0.4, -0.2) is 32.7 Å². The molecular weight excluding hydrogens is 230 g/mol. The number of hydrogen-bond donors (Lipinski definition) is 2. The van der Waals surface area contributed by atoms with Crippen molar-refractivity contribution in [1.82, 2.24) is 5.32 Å². The molecule has 1 amide bonds. The third-order valence-electron chi connectivity index (χ3n) is 2.46. The number of nitrogens with zero attached hydrogens (tertiary/aromatic N) is 1. The lowest BCUT2D eigenvalue weighted by Crippen LogP contribution is -2.32. The number of nitrogens with two attached hydrogens (primary N) is 1. The summed E-state index contributed by atoms with van der Waals surface area (Å²) in [5.41, 5.74) is 7.33. The summed E-state index contributed by atoms with van der Waals surface area (Å²) < 4.78 is 5.61. The van der Waals surface area contributed by atoms with Gasteiger partial charge in [0.15, 0.2) is 0 Å². The molecule has 18 heavy (non-hydrogen) atoms. The second-order valence-corrected chi connectivity index (χ2v) is 4.42. The number of carbonyl (C=O) groups is 1. The lowest BCUT2D eigenvalue weighted by atomic mass is 10.2. The van der Waals surface area contributed by atoms with E-state index in [1.165, 1.54) is 0 Å². The second kappa shape index (κ2) is 6.14. The van der Waals surface area contributed by atoms with Gasteiger partial charge in [0.2, 0.25) is 5.91 Å². The van der Waals surface area contributed by atoms with E-state index >= 15 is 0 Å². The highest BCUT2D eigenvalue weighted by molar-refractivity contribution is 5.81. The molecule has 0 unspecified atom stereocenters. The number of benzene rings is 1. The quantitative estimate of drug-likeness (QED) is 0.773. The van der Waals surface area contributed by atoms with Gasteiger partial charge in [0.1, 0.15) is 5.75 Å². The highest BCUT2D eigenvalue weighted by Crippen LogP contribution is 2.28. The third kappa shape index (κ3) is 3.84. The number of carbonyl (C=O) groups excluding carboxylic acids is 1. The number of amides is 1. The number of likely N-dealkylation sites (N-methyl/N-ethyl adjacent to an activating group) is 2. The van der Waals surface area contributed by atoms with Crippen LogP contribution in [0.25, 0.3) is 0 Å². The van der Waals surface area contributed by atoms with Crippen molar-refractivity contribution in [2.75, 3.05) is 31.3 Å². The van der Waals surface area contributed by atoms with E-state index < -0.39 is 0 Å². The normalized spacial score (nSPS) is 10.3. The van der Waals surface area contributed by atoms with Crippen molar-refractivity contribution >= 4 is 17.3 Å². The van der Waals surface area contributed by atoms with Crippen molar-refractivity contribution < 1.29 is 9.53 Å². The Hall–Kier alpha value is -1.91. The van der Waals surface area contributed by atoms with Crippen LogP contribution in [0.4, 0.5) is 11.4 Å². The van der Waals surface area contributed by atoms with E-state index in [1.807, 2.05) is 37.9 Å². The first-order valence-electron chi connectivity index (χ1n) is 5.92. The number of anilines is 2. The van der Waals surface area contributed by atoms with E-state index in [-0.39, 0.29) is 12.0 Å². The molecule has 5 nitrogen and oxygen atoms in total. The van der Waals surface area contributed by atoms with Crippen LogP contribution >= 0.6 is 0 Å². The fraction of sp³-hybridized carbons (Fsp3) is 0.462. The summed E-state index contributed by atoms with van der Waals surface area (Å²) in [7, 11) is 3.46. The Labute approximate surface area is 108 Å². The highest BCUT2D eigenvalue weighted by atomic mass is 16.5. The smallest absolute Gasteiger partial charge is 0.239 e. The van der Waals surface area contributed by atoms with Crippen molar-refractivity contribution in [3.8, 4) is 5.75 Å². The van der Waals surface area contributed by atoms with Gasteiger partial charge in [0.25, 0.3) is 0 Å². The van der Waals surface area contributed by atoms with Crippen LogP contribution in [0.5, 0.6) is 5.75 Å². The van der Waals surface area contributed by atoms with E-state index in [1.54, 1.807) is 13.1 Å². The fourth-order valence-electron chi connectivity index (χ4n) is 1.50. The molecule has 1 aromatic carbocycles. The first-order valence-corrected chi connectivity index (χ1v) is 5.92. The first kappa shape index (κ1) is 14.2. The van der Waals surface area contributed by atoms with Crippen molar-refractivity contribution in [1.29, 1.82) is 0 Å². The summed E-state index contributed by atoms with van der Waals surface area (Å²) in [4.78, 5) is 13.2. The Bertz CT molecular complexity index is 419. The zero-order valence-electron chi connectivity index (χ0n) is 11.4. The van der Waals surface area contributed by atoms with Crippen LogP contribution in [0, 0.1) is 0 Å². The molecule has 0 atom stereocenters. The van der Waals surface area contributed by atoms with Crippen LogP contribution in [-0.2, 0) is 4.79 Å². The van der Waals surface area contributed by atoms with Gasteiger partial charge in [-0.25, -0.2) is 0 Å². The molecule has 0 aliphatic heterocycles. The van der Waals surface area contributed by atoms with E-state index in [0.29, 0.717) is 18.0 Å². The number of ether oxygens (including phenoxy) is 1. The molecule has 0 spiro atoms. The molecule has 3 N–H and O–H groups in total. The summed E-state index contributed by atoms with van der Waals surface area (Å²) in [6.45, 7) is 4.18. The van der Waals surface area contributed by atoms with Crippen LogP contribution < -0.4 is 20.7 Å². The maximum absolute atomic E-state index is 11.3. The Balaban J connectivity index is 2.86. The molecule has 0 fully saturated rings. The molecule has 0 radical (unpaired) electrons. The number of nitrogens with one attached hydrogen (secondary N) is 1. The summed E-state index contributed by atoms with van der Waals surface area (Å²) in [5.74, 6) is 0.604. The Morgan fingerprint density at radius 2 is 2.17 bits per heavy atom. The Kier molecular flexibility index (Phi) is 4.83. The number of rotatable bonds is 5. The summed E-state index contributed by atoms with van der Waals surface area (Å²) in [5, 5.41) is 2.59.